The van der Waals surface area contributed by atoms with Crippen LogP contribution in [0.15, 0.2) is 57.8 Å². The van der Waals surface area contributed by atoms with Crippen molar-refractivity contribution in [3.05, 3.63) is 54.1 Å². The third-order valence-electron chi connectivity index (χ3n) is 3.96. The molecule has 0 N–H and O–H groups in total. The topological polar surface area (TPSA) is 76.0 Å². The van der Waals surface area contributed by atoms with Gasteiger partial charge >= 0.3 is 0 Å². The first-order chi connectivity index (χ1) is 12.8. The van der Waals surface area contributed by atoms with Crippen molar-refractivity contribution in [2.24, 2.45) is 4.40 Å². The Balaban J connectivity index is 1.98. The van der Waals surface area contributed by atoms with Gasteiger partial charge in [0.25, 0.3) is 10.0 Å². The van der Waals surface area contributed by atoms with E-state index in [0.717, 1.165) is 17.3 Å². The van der Waals surface area contributed by atoms with Gasteiger partial charge in [-0.05, 0) is 57.2 Å². The van der Waals surface area contributed by atoms with Crippen LogP contribution in [0, 0.1) is 6.92 Å². The van der Waals surface area contributed by atoms with Gasteiger partial charge in [0.05, 0.1) is 22.4 Å². The summed E-state index contributed by atoms with van der Waals surface area (Å²) < 4.78 is 34.7. The molecule has 1 unspecified atom stereocenters. The van der Waals surface area contributed by atoms with Crippen molar-refractivity contribution in [1.82, 2.24) is 0 Å². The van der Waals surface area contributed by atoms with Crippen LogP contribution >= 0.6 is 11.8 Å². The van der Waals surface area contributed by atoms with Gasteiger partial charge in [0.15, 0.2) is 5.17 Å². The number of hydrogen-bond donors (Lipinski definition) is 0. The normalized spacial score (nSPS) is 18.9. The summed E-state index contributed by atoms with van der Waals surface area (Å²) in [4.78, 5) is 14.0. The Kier molecular flexibility index (Phi) is 5.57. The fraction of sp³-hybridized carbons (Fsp3) is 0.263. The smallest absolute Gasteiger partial charge is 0.284 e. The molecule has 1 heterocycles. The van der Waals surface area contributed by atoms with Crippen LogP contribution in [-0.4, -0.2) is 31.3 Å². The van der Waals surface area contributed by atoms with Gasteiger partial charge in [-0.15, -0.1) is 4.40 Å². The predicted molar refractivity (Wildman–Crippen MR) is 108 cm³/mol. The van der Waals surface area contributed by atoms with Crippen molar-refractivity contribution in [2.75, 3.05) is 11.5 Å². The average molecular weight is 405 g/mol. The maximum Gasteiger partial charge on any atom is 0.284 e. The number of carbonyl (C=O) groups excluding carboxylic acids is 1. The number of sulfonamides is 1. The highest BCUT2D eigenvalue weighted by Gasteiger charge is 2.37. The summed E-state index contributed by atoms with van der Waals surface area (Å²) in [5.74, 6) is 0.473. The molecule has 1 saturated heterocycles. The number of thioether (sulfide) groups is 1. The fourth-order valence-electron chi connectivity index (χ4n) is 2.56. The molecule has 1 aliphatic rings. The molecule has 0 spiro atoms. The van der Waals surface area contributed by atoms with Crippen LogP contribution < -0.4 is 9.64 Å². The lowest BCUT2D eigenvalue weighted by Gasteiger charge is -2.16. The minimum atomic E-state index is -3.92. The number of hydrogen-bond acceptors (Lipinski definition) is 5. The molecule has 142 valence electrons. The molecule has 6 nitrogen and oxygen atoms in total. The molecular weight excluding hydrogens is 384 g/mol. The van der Waals surface area contributed by atoms with E-state index in [1.165, 1.54) is 17.0 Å². The molecule has 1 amide bonds. The summed E-state index contributed by atoms with van der Waals surface area (Å²) >= 11 is 1.13. The van der Waals surface area contributed by atoms with Crippen molar-refractivity contribution in [1.29, 1.82) is 0 Å². The molecule has 2 aromatic carbocycles. The number of anilines is 1. The summed E-state index contributed by atoms with van der Waals surface area (Å²) in [7, 11) is -3.92. The van der Waals surface area contributed by atoms with E-state index in [1.54, 1.807) is 43.3 Å². The van der Waals surface area contributed by atoms with Gasteiger partial charge in [-0.2, -0.15) is 8.42 Å². The number of aryl methyl sites for hydroxylation is 1. The summed E-state index contributed by atoms with van der Waals surface area (Å²) in [6.45, 7) is 6.03. The number of carbonyl (C=O) groups is 1. The highest BCUT2D eigenvalue weighted by Crippen LogP contribution is 2.33. The molecule has 1 atom stereocenters. The molecule has 27 heavy (non-hydrogen) atoms. The Bertz CT molecular complexity index is 968. The Morgan fingerprint density at radius 2 is 1.74 bits per heavy atom. The molecule has 0 aromatic heterocycles. The quantitative estimate of drug-likeness (QED) is 0.761. The Morgan fingerprint density at radius 1 is 1.11 bits per heavy atom. The molecule has 2 aromatic rings. The first kappa shape index (κ1) is 19.4. The molecule has 8 heteroatoms. The zero-order chi connectivity index (χ0) is 19.6. The average Bonchev–Trinajstić information content (AvgIpc) is 2.89. The predicted octanol–water partition coefficient (Wildman–Crippen LogP) is 3.61. The SMILES string of the molecule is CCOc1ccc(N2C(=O)C(C)S/C2=N/S(=O)(=O)c2ccc(C)cc2)cc1. The molecule has 0 aliphatic carbocycles. The van der Waals surface area contributed by atoms with Crippen LogP contribution in [0.1, 0.15) is 19.4 Å². The third kappa shape index (κ3) is 4.17. The van der Waals surface area contributed by atoms with E-state index in [9.17, 15) is 13.2 Å². The Morgan fingerprint density at radius 3 is 2.33 bits per heavy atom. The van der Waals surface area contributed by atoms with Crippen LogP contribution in [-0.2, 0) is 14.8 Å². The number of amides is 1. The second-order valence-electron chi connectivity index (χ2n) is 6.02. The highest BCUT2D eigenvalue weighted by molar-refractivity contribution is 8.16. The number of nitrogens with zero attached hydrogens (tertiary/aromatic N) is 2. The van der Waals surface area contributed by atoms with Gasteiger partial charge < -0.3 is 4.74 Å². The van der Waals surface area contributed by atoms with Gasteiger partial charge in [0.1, 0.15) is 5.75 Å². The molecule has 0 saturated carbocycles. The van der Waals surface area contributed by atoms with E-state index in [2.05, 4.69) is 4.40 Å². The minimum absolute atomic E-state index is 0.0971. The summed E-state index contributed by atoms with van der Waals surface area (Å²) in [6.07, 6.45) is 0. The molecule has 1 fully saturated rings. The van der Waals surface area contributed by atoms with Gasteiger partial charge in [0, 0.05) is 0 Å². The largest absolute Gasteiger partial charge is 0.494 e. The van der Waals surface area contributed by atoms with E-state index in [4.69, 9.17) is 4.74 Å². The van der Waals surface area contributed by atoms with Gasteiger partial charge in [-0.3, -0.25) is 9.69 Å². The monoisotopic (exact) mass is 404 g/mol. The van der Waals surface area contributed by atoms with Gasteiger partial charge in [0.2, 0.25) is 5.91 Å². The summed E-state index contributed by atoms with van der Waals surface area (Å²) in [5.41, 5.74) is 1.51. The third-order valence-corrected chi connectivity index (χ3v) is 6.40. The van der Waals surface area contributed by atoms with E-state index < -0.39 is 15.3 Å². The van der Waals surface area contributed by atoms with Crippen molar-refractivity contribution < 1.29 is 17.9 Å². The second kappa shape index (κ2) is 7.74. The van der Waals surface area contributed by atoms with Crippen LogP contribution in [0.4, 0.5) is 5.69 Å². The van der Waals surface area contributed by atoms with E-state index in [-0.39, 0.29) is 16.0 Å². The standard InChI is InChI=1S/C19H20N2O4S2/c1-4-25-16-9-7-15(8-10-16)21-18(22)14(3)26-19(21)20-27(23,24)17-11-5-13(2)6-12-17/h5-12,14H,4H2,1-3H3/b20-19+. The van der Waals surface area contributed by atoms with Crippen LogP contribution in [0.25, 0.3) is 0 Å². The zero-order valence-electron chi connectivity index (χ0n) is 15.2. The lowest BCUT2D eigenvalue weighted by atomic mass is 10.2. The first-order valence-corrected chi connectivity index (χ1v) is 10.8. The zero-order valence-corrected chi connectivity index (χ0v) is 16.9. The van der Waals surface area contributed by atoms with E-state index in [1.807, 2.05) is 13.8 Å². The van der Waals surface area contributed by atoms with Crippen molar-refractivity contribution in [3.63, 3.8) is 0 Å². The second-order valence-corrected chi connectivity index (χ2v) is 8.93. The minimum Gasteiger partial charge on any atom is -0.494 e. The van der Waals surface area contributed by atoms with Gasteiger partial charge in [-0.1, -0.05) is 29.5 Å². The number of benzene rings is 2. The lowest BCUT2D eigenvalue weighted by Crippen LogP contribution is -2.31. The first-order valence-electron chi connectivity index (χ1n) is 8.47. The number of ether oxygens (including phenoxy) is 1. The lowest BCUT2D eigenvalue weighted by molar-refractivity contribution is -0.116. The van der Waals surface area contributed by atoms with Crippen molar-refractivity contribution >= 4 is 38.5 Å². The fourth-order valence-corrected chi connectivity index (χ4v) is 4.72. The molecule has 0 bridgehead atoms. The van der Waals surface area contributed by atoms with E-state index >= 15 is 0 Å². The van der Waals surface area contributed by atoms with Crippen LogP contribution in [0.5, 0.6) is 5.75 Å². The summed E-state index contributed by atoms with van der Waals surface area (Å²) in [5, 5.41) is -0.263. The van der Waals surface area contributed by atoms with Crippen LogP contribution in [0.2, 0.25) is 0 Å². The highest BCUT2D eigenvalue weighted by atomic mass is 32.2. The van der Waals surface area contributed by atoms with Crippen molar-refractivity contribution in [3.8, 4) is 5.75 Å². The maximum atomic E-state index is 12.7. The Labute approximate surface area is 163 Å². The molecule has 3 rings (SSSR count). The summed E-state index contributed by atoms with van der Waals surface area (Å²) in [6, 6.07) is 13.4. The number of amidine groups is 1. The van der Waals surface area contributed by atoms with Crippen molar-refractivity contribution in [2.45, 2.75) is 30.9 Å². The Hall–Kier alpha value is -2.32. The van der Waals surface area contributed by atoms with Gasteiger partial charge in [-0.25, -0.2) is 0 Å². The molecular formula is C19H20N2O4S2. The molecule has 0 radical (unpaired) electrons. The molecule has 1 aliphatic heterocycles. The number of rotatable bonds is 5. The van der Waals surface area contributed by atoms with Crippen LogP contribution in [0.3, 0.4) is 0 Å². The van der Waals surface area contributed by atoms with E-state index in [0.29, 0.717) is 18.0 Å². The maximum absolute atomic E-state index is 12.7.